The molecule has 2 heterocycles. The van der Waals surface area contributed by atoms with Crippen molar-refractivity contribution in [1.29, 1.82) is 0 Å². The fourth-order valence-corrected chi connectivity index (χ4v) is 5.63. The van der Waals surface area contributed by atoms with Crippen LogP contribution in [0.4, 0.5) is 5.82 Å². The number of likely N-dealkylation sites (N-methyl/N-ethyl adjacent to an activating group) is 1. The lowest BCUT2D eigenvalue weighted by Crippen LogP contribution is -2.56. The van der Waals surface area contributed by atoms with Gasteiger partial charge in [0, 0.05) is 30.9 Å². The Labute approximate surface area is 216 Å². The zero-order valence-corrected chi connectivity index (χ0v) is 22.5. The van der Waals surface area contributed by atoms with Crippen molar-refractivity contribution in [1.82, 2.24) is 19.9 Å². The summed E-state index contributed by atoms with van der Waals surface area (Å²) < 4.78 is 26.7. The molecule has 2 aromatic heterocycles. The maximum Gasteiger partial charge on any atom is 0.243 e. The minimum atomic E-state index is -3.63. The van der Waals surface area contributed by atoms with Gasteiger partial charge < -0.3 is 16.4 Å². The first-order valence-corrected chi connectivity index (χ1v) is 14.4. The molecule has 3 rings (SSSR count). The third kappa shape index (κ3) is 6.80. The molecule has 0 aliphatic carbocycles. The zero-order valence-electron chi connectivity index (χ0n) is 20.9. The summed E-state index contributed by atoms with van der Waals surface area (Å²) >= 11 is 1.57. The predicted octanol–water partition coefficient (Wildman–Crippen LogP) is 2.53. The normalized spacial score (nSPS) is 14.4. The number of nitrogens with zero attached hydrogens (tertiary/aromatic N) is 2. The van der Waals surface area contributed by atoms with E-state index in [-0.39, 0.29) is 24.8 Å². The van der Waals surface area contributed by atoms with Gasteiger partial charge >= 0.3 is 0 Å². The summed E-state index contributed by atoms with van der Waals surface area (Å²) in [6.45, 7) is 3.92. The topological polar surface area (TPSA) is 134 Å². The van der Waals surface area contributed by atoms with Crippen LogP contribution in [-0.2, 0) is 32.6 Å². The number of pyridine rings is 1. The molecule has 0 bridgehead atoms. The molecule has 0 aliphatic heterocycles. The van der Waals surface area contributed by atoms with Crippen LogP contribution < -0.4 is 16.4 Å². The molecular formula is C25H33N5O4S2. The molecule has 9 nitrogen and oxygen atoms in total. The highest BCUT2D eigenvalue weighted by atomic mass is 32.2. The van der Waals surface area contributed by atoms with E-state index in [1.807, 2.05) is 43.5 Å². The maximum absolute atomic E-state index is 13.4. The molecule has 0 fully saturated rings. The Morgan fingerprint density at radius 3 is 2.53 bits per heavy atom. The molecule has 2 amide bonds. The van der Waals surface area contributed by atoms with Gasteiger partial charge in [0.25, 0.3) is 0 Å². The Morgan fingerprint density at radius 1 is 1.17 bits per heavy atom. The highest BCUT2D eigenvalue weighted by molar-refractivity contribution is 7.88. The number of sulfonamides is 1. The Kier molecular flexibility index (Phi) is 9.04. The van der Waals surface area contributed by atoms with Crippen LogP contribution in [0.15, 0.2) is 48.0 Å². The third-order valence-electron chi connectivity index (χ3n) is 6.30. The lowest BCUT2D eigenvalue weighted by molar-refractivity contribution is -0.131. The van der Waals surface area contributed by atoms with Crippen LogP contribution in [0.2, 0.25) is 0 Å². The van der Waals surface area contributed by atoms with Gasteiger partial charge in [-0.2, -0.15) is 4.31 Å². The van der Waals surface area contributed by atoms with E-state index in [1.165, 1.54) is 7.05 Å². The number of thiophene rings is 1. The van der Waals surface area contributed by atoms with Crippen LogP contribution in [0.25, 0.3) is 10.1 Å². The Morgan fingerprint density at radius 2 is 1.89 bits per heavy atom. The molecule has 0 aliphatic rings. The van der Waals surface area contributed by atoms with Crippen molar-refractivity contribution < 1.29 is 18.0 Å². The summed E-state index contributed by atoms with van der Waals surface area (Å²) in [7, 11) is -2.24. The van der Waals surface area contributed by atoms with Crippen molar-refractivity contribution in [2.24, 2.45) is 5.92 Å². The van der Waals surface area contributed by atoms with Gasteiger partial charge in [0.2, 0.25) is 21.8 Å². The van der Waals surface area contributed by atoms with E-state index in [0.717, 1.165) is 31.8 Å². The third-order valence-corrected chi connectivity index (χ3v) is 8.58. The van der Waals surface area contributed by atoms with E-state index >= 15 is 0 Å². The summed E-state index contributed by atoms with van der Waals surface area (Å²) in [4.78, 5) is 30.8. The number of aromatic nitrogens is 1. The van der Waals surface area contributed by atoms with Crippen LogP contribution in [0.5, 0.6) is 0 Å². The number of anilines is 1. The average Bonchev–Trinajstić information content (AvgIpc) is 3.25. The SMILES string of the molecule is CCC(C)[C@H](C(=O)N[C@@H](Cc1csc2ccccc12)C(=O)NCc1ccc(N)nc1)N(C)S(C)(=O)=O. The van der Waals surface area contributed by atoms with E-state index in [0.29, 0.717) is 12.2 Å². The van der Waals surface area contributed by atoms with E-state index in [2.05, 4.69) is 15.6 Å². The van der Waals surface area contributed by atoms with Gasteiger partial charge in [-0.1, -0.05) is 44.5 Å². The van der Waals surface area contributed by atoms with E-state index in [1.54, 1.807) is 29.7 Å². The quantitative estimate of drug-likeness (QED) is 0.348. The maximum atomic E-state index is 13.4. The van der Waals surface area contributed by atoms with Crippen LogP contribution in [0.3, 0.4) is 0 Å². The summed E-state index contributed by atoms with van der Waals surface area (Å²) in [5.41, 5.74) is 7.33. The number of benzene rings is 1. The van der Waals surface area contributed by atoms with Crippen molar-refractivity contribution >= 4 is 49.1 Å². The number of rotatable bonds is 11. The molecule has 0 saturated heterocycles. The summed E-state index contributed by atoms with van der Waals surface area (Å²) in [6, 6.07) is 9.44. The monoisotopic (exact) mass is 531 g/mol. The lowest BCUT2D eigenvalue weighted by atomic mass is 9.97. The van der Waals surface area contributed by atoms with E-state index in [9.17, 15) is 18.0 Å². The first-order chi connectivity index (χ1) is 17.0. The Hall–Kier alpha value is -3.02. The van der Waals surface area contributed by atoms with Crippen molar-refractivity contribution in [2.75, 3.05) is 19.0 Å². The minimum Gasteiger partial charge on any atom is -0.384 e. The molecule has 0 saturated carbocycles. The Balaban J connectivity index is 1.86. The highest BCUT2D eigenvalue weighted by Gasteiger charge is 2.35. The number of hydrogen-bond donors (Lipinski definition) is 3. The van der Waals surface area contributed by atoms with Crippen LogP contribution >= 0.6 is 11.3 Å². The second-order valence-electron chi connectivity index (χ2n) is 8.94. The molecule has 0 radical (unpaired) electrons. The fourth-order valence-electron chi connectivity index (χ4n) is 3.94. The second kappa shape index (κ2) is 11.8. The van der Waals surface area contributed by atoms with Gasteiger partial charge in [-0.3, -0.25) is 9.59 Å². The average molecular weight is 532 g/mol. The van der Waals surface area contributed by atoms with Gasteiger partial charge in [-0.05, 0) is 39.9 Å². The Bertz CT molecular complexity index is 1310. The zero-order chi connectivity index (χ0) is 26.5. The summed E-state index contributed by atoms with van der Waals surface area (Å²) in [5.74, 6) is -0.756. The largest absolute Gasteiger partial charge is 0.384 e. The van der Waals surface area contributed by atoms with Gasteiger partial charge in [0.15, 0.2) is 0 Å². The molecule has 1 unspecified atom stereocenters. The van der Waals surface area contributed by atoms with Gasteiger partial charge in [0.05, 0.1) is 6.26 Å². The number of fused-ring (bicyclic) bond motifs is 1. The number of carbonyl (C=O) groups is 2. The second-order valence-corrected chi connectivity index (χ2v) is 11.9. The summed E-state index contributed by atoms with van der Waals surface area (Å²) in [5, 5.41) is 8.71. The predicted molar refractivity (Wildman–Crippen MR) is 144 cm³/mol. The van der Waals surface area contributed by atoms with Crippen molar-refractivity contribution in [3.05, 3.63) is 59.1 Å². The van der Waals surface area contributed by atoms with E-state index < -0.39 is 28.0 Å². The first-order valence-electron chi connectivity index (χ1n) is 11.7. The minimum absolute atomic E-state index is 0.209. The van der Waals surface area contributed by atoms with Crippen LogP contribution in [0.1, 0.15) is 31.4 Å². The van der Waals surface area contributed by atoms with Gasteiger partial charge in [-0.15, -0.1) is 11.3 Å². The number of hydrogen-bond acceptors (Lipinski definition) is 7. The molecule has 36 heavy (non-hydrogen) atoms. The smallest absolute Gasteiger partial charge is 0.243 e. The number of nitrogens with two attached hydrogens (primary N) is 1. The van der Waals surface area contributed by atoms with Crippen molar-refractivity contribution in [2.45, 2.75) is 45.3 Å². The first kappa shape index (κ1) is 27.6. The van der Waals surface area contributed by atoms with Gasteiger partial charge in [0.1, 0.15) is 17.9 Å². The number of nitrogens with one attached hydrogen (secondary N) is 2. The number of carbonyl (C=O) groups excluding carboxylic acids is 2. The van der Waals surface area contributed by atoms with Crippen molar-refractivity contribution in [3.63, 3.8) is 0 Å². The molecular weight excluding hydrogens is 498 g/mol. The molecule has 0 spiro atoms. The number of nitrogen functional groups attached to an aromatic ring is 1. The fraction of sp³-hybridized carbons (Fsp3) is 0.400. The van der Waals surface area contributed by atoms with Crippen LogP contribution in [0, 0.1) is 5.92 Å². The molecule has 1 aromatic carbocycles. The summed E-state index contributed by atoms with van der Waals surface area (Å²) in [6.07, 6.45) is 3.50. The molecule has 194 valence electrons. The van der Waals surface area contributed by atoms with Gasteiger partial charge in [-0.25, -0.2) is 13.4 Å². The van der Waals surface area contributed by atoms with Crippen molar-refractivity contribution in [3.8, 4) is 0 Å². The standard InChI is InChI=1S/C25H33N5O4S2/c1-5-16(2)23(30(3)36(4,33)34)25(32)29-20(12-18-15-35-21-9-7-6-8-19(18)21)24(31)28-14-17-10-11-22(26)27-13-17/h6-11,13,15-16,20,23H,5,12,14H2,1-4H3,(H2,26,27)(H,28,31)(H,29,32)/t16?,20-,23+/m0/s1. The van der Waals surface area contributed by atoms with E-state index in [4.69, 9.17) is 5.73 Å². The highest BCUT2D eigenvalue weighted by Crippen LogP contribution is 2.27. The molecule has 11 heteroatoms. The molecule has 3 aromatic rings. The lowest BCUT2D eigenvalue weighted by Gasteiger charge is -2.31. The molecule has 3 atom stereocenters. The molecule has 4 N–H and O–H groups in total. The number of amides is 2. The van der Waals surface area contributed by atoms with Crippen LogP contribution in [-0.4, -0.2) is 54.9 Å².